The molecule has 0 bridgehead atoms. The summed E-state index contributed by atoms with van der Waals surface area (Å²) in [5.41, 5.74) is -0.495. The topological polar surface area (TPSA) is 57.6 Å². The Kier molecular flexibility index (Phi) is 7.04. The molecule has 1 N–H and O–H groups in total. The first-order chi connectivity index (χ1) is 18.3. The van der Waals surface area contributed by atoms with Crippen molar-refractivity contribution in [1.82, 2.24) is 4.90 Å². The van der Waals surface area contributed by atoms with Crippen molar-refractivity contribution >= 4 is 11.9 Å². The molecule has 0 radical (unpaired) electrons. The largest absolute Gasteiger partial charge is 0.481 e. The molecule has 1 amide bonds. The average Bonchev–Trinajstić information content (AvgIpc) is 3.26. The summed E-state index contributed by atoms with van der Waals surface area (Å²) in [5, 5.41) is 9.35. The van der Waals surface area contributed by atoms with Crippen LogP contribution in [0.3, 0.4) is 0 Å². The van der Waals surface area contributed by atoms with Crippen LogP contribution in [0.2, 0.25) is 0 Å². The van der Waals surface area contributed by atoms with Gasteiger partial charge in [-0.1, -0.05) is 48.0 Å². The fourth-order valence-corrected chi connectivity index (χ4v) is 7.29. The number of carbonyl (C=O) groups is 2. The number of benzene rings is 2. The Hall–Kier alpha value is -2.90. The van der Waals surface area contributed by atoms with Gasteiger partial charge in [-0.2, -0.15) is 13.2 Å². The first kappa shape index (κ1) is 27.7. The minimum Gasteiger partial charge on any atom is -0.481 e. The number of hydrogen-bond acceptors (Lipinski definition) is 2. The van der Waals surface area contributed by atoms with Gasteiger partial charge in [-0.3, -0.25) is 9.59 Å². The molecule has 0 aromatic heterocycles. The van der Waals surface area contributed by atoms with E-state index < -0.39 is 29.1 Å². The third-order valence-electron chi connectivity index (χ3n) is 9.53. The molecule has 3 unspecified atom stereocenters. The van der Waals surface area contributed by atoms with Crippen LogP contribution in [0.25, 0.3) is 0 Å². The summed E-state index contributed by atoms with van der Waals surface area (Å²) >= 11 is 0. The molecule has 2 fully saturated rings. The van der Waals surface area contributed by atoms with E-state index in [-0.39, 0.29) is 23.4 Å². The zero-order valence-corrected chi connectivity index (χ0v) is 22.4. The lowest BCUT2D eigenvalue weighted by atomic mass is 9.63. The van der Waals surface area contributed by atoms with Gasteiger partial charge in [-0.05, 0) is 87.5 Å². The van der Waals surface area contributed by atoms with Gasteiger partial charge in [0.1, 0.15) is 0 Å². The van der Waals surface area contributed by atoms with Crippen LogP contribution < -0.4 is 0 Å². The van der Waals surface area contributed by atoms with Crippen LogP contribution in [-0.4, -0.2) is 40.6 Å². The van der Waals surface area contributed by atoms with Gasteiger partial charge in [0.05, 0.1) is 5.92 Å². The Morgan fingerprint density at radius 1 is 1.00 bits per heavy atom. The van der Waals surface area contributed by atoms with Crippen LogP contribution in [0.4, 0.5) is 17.6 Å². The number of hydrogen-bond donors (Lipinski definition) is 1. The maximum Gasteiger partial charge on any atom is 0.426 e. The van der Waals surface area contributed by atoms with E-state index in [4.69, 9.17) is 0 Å². The molecule has 4 nitrogen and oxygen atoms in total. The van der Waals surface area contributed by atoms with E-state index in [1.165, 1.54) is 12.1 Å². The molecule has 3 aliphatic rings. The molecule has 0 spiro atoms. The zero-order chi connectivity index (χ0) is 28.2. The highest BCUT2D eigenvalue weighted by Crippen LogP contribution is 2.51. The fourth-order valence-electron chi connectivity index (χ4n) is 7.29. The SMILES string of the molecule is Cc1cccc(CC23CCN(C(=O)C4CCC(C(=O)O)CC4)C2CCc2cc(C(C)(F)C(F)(F)F)ccc23)c1. The molecule has 5 rings (SSSR count). The van der Waals surface area contributed by atoms with E-state index in [0.29, 0.717) is 64.8 Å². The number of amides is 1. The maximum atomic E-state index is 14.9. The molecule has 2 aromatic carbocycles. The van der Waals surface area contributed by atoms with Crippen LogP contribution in [0.15, 0.2) is 42.5 Å². The maximum absolute atomic E-state index is 14.9. The summed E-state index contributed by atoms with van der Waals surface area (Å²) in [6.45, 7) is 3.12. The van der Waals surface area contributed by atoms with E-state index >= 15 is 0 Å². The molecule has 2 aromatic rings. The summed E-state index contributed by atoms with van der Waals surface area (Å²) in [6, 6.07) is 12.3. The van der Waals surface area contributed by atoms with Gasteiger partial charge in [-0.15, -0.1) is 0 Å². The van der Waals surface area contributed by atoms with Crippen molar-refractivity contribution in [3.63, 3.8) is 0 Å². The van der Waals surface area contributed by atoms with Crippen molar-refractivity contribution in [2.45, 2.75) is 88.5 Å². The van der Waals surface area contributed by atoms with Crippen molar-refractivity contribution in [1.29, 1.82) is 0 Å². The fraction of sp³-hybridized carbons (Fsp3) is 0.548. The average molecular weight is 546 g/mol. The molecular formula is C31H35F4NO3. The Morgan fingerprint density at radius 2 is 1.69 bits per heavy atom. The van der Waals surface area contributed by atoms with Crippen molar-refractivity contribution in [2.75, 3.05) is 6.54 Å². The van der Waals surface area contributed by atoms with E-state index in [0.717, 1.165) is 22.3 Å². The molecule has 210 valence electrons. The van der Waals surface area contributed by atoms with Crippen LogP contribution >= 0.6 is 0 Å². The number of carboxylic acid groups (broad SMARTS) is 1. The van der Waals surface area contributed by atoms with Crippen molar-refractivity contribution in [2.24, 2.45) is 11.8 Å². The molecule has 1 heterocycles. The van der Waals surface area contributed by atoms with Crippen molar-refractivity contribution in [3.8, 4) is 0 Å². The van der Waals surface area contributed by atoms with Crippen LogP contribution in [0.5, 0.6) is 0 Å². The van der Waals surface area contributed by atoms with Crippen LogP contribution in [-0.2, 0) is 33.5 Å². The number of aryl methyl sites for hydroxylation is 2. The molecular weight excluding hydrogens is 510 g/mol. The number of rotatable bonds is 5. The second-order valence-corrected chi connectivity index (χ2v) is 11.9. The third-order valence-corrected chi connectivity index (χ3v) is 9.53. The number of halogens is 4. The summed E-state index contributed by atoms with van der Waals surface area (Å²) in [6.07, 6.45) is -0.578. The van der Waals surface area contributed by atoms with Gasteiger partial charge < -0.3 is 10.0 Å². The molecule has 1 saturated heterocycles. The molecule has 1 saturated carbocycles. The van der Waals surface area contributed by atoms with Crippen LogP contribution in [0, 0.1) is 18.8 Å². The first-order valence-corrected chi connectivity index (χ1v) is 13.8. The minimum absolute atomic E-state index is 0.0587. The van der Waals surface area contributed by atoms with Gasteiger partial charge >= 0.3 is 12.1 Å². The van der Waals surface area contributed by atoms with Crippen LogP contribution in [0.1, 0.15) is 73.3 Å². The highest BCUT2D eigenvalue weighted by atomic mass is 19.4. The second kappa shape index (κ2) is 9.93. The summed E-state index contributed by atoms with van der Waals surface area (Å²) in [4.78, 5) is 27.1. The molecule has 1 aliphatic heterocycles. The Balaban J connectivity index is 1.50. The molecule has 39 heavy (non-hydrogen) atoms. The molecule has 2 aliphatic carbocycles. The van der Waals surface area contributed by atoms with Gasteiger partial charge in [-0.25, -0.2) is 4.39 Å². The summed E-state index contributed by atoms with van der Waals surface area (Å²) in [7, 11) is 0. The normalized spacial score (nSPS) is 28.4. The van der Waals surface area contributed by atoms with E-state index in [2.05, 4.69) is 6.07 Å². The van der Waals surface area contributed by atoms with Gasteiger partial charge in [0.15, 0.2) is 0 Å². The second-order valence-electron chi connectivity index (χ2n) is 11.9. The lowest BCUT2D eigenvalue weighted by Gasteiger charge is -2.45. The highest BCUT2D eigenvalue weighted by Gasteiger charge is 2.56. The summed E-state index contributed by atoms with van der Waals surface area (Å²) < 4.78 is 55.4. The van der Waals surface area contributed by atoms with Crippen molar-refractivity contribution in [3.05, 3.63) is 70.3 Å². The molecule has 8 heteroatoms. The lowest BCUT2D eigenvalue weighted by Crippen LogP contribution is -2.51. The van der Waals surface area contributed by atoms with Crippen molar-refractivity contribution < 1.29 is 32.3 Å². The quantitative estimate of drug-likeness (QED) is 0.428. The smallest absolute Gasteiger partial charge is 0.426 e. The first-order valence-electron chi connectivity index (χ1n) is 13.8. The number of fused-ring (bicyclic) bond motifs is 3. The standard InChI is InChI=1S/C31H35F4NO3/c1-19-4-3-5-20(16-19)18-30-14-15-36(27(37)21-6-8-22(9-7-21)28(38)39)26(30)13-10-23-17-24(11-12-25(23)30)29(2,32)31(33,34)35/h3-5,11-12,16-17,21-22,26H,6-10,13-15,18H2,1-2H3,(H,38,39). The van der Waals surface area contributed by atoms with Gasteiger partial charge in [0.2, 0.25) is 11.6 Å². The third kappa shape index (κ3) is 4.84. The minimum atomic E-state index is -5.02. The van der Waals surface area contributed by atoms with E-state index in [1.54, 1.807) is 6.07 Å². The zero-order valence-electron chi connectivity index (χ0n) is 22.4. The Labute approximate surface area is 226 Å². The summed E-state index contributed by atoms with van der Waals surface area (Å²) in [5.74, 6) is -1.36. The van der Waals surface area contributed by atoms with Gasteiger partial charge in [0, 0.05) is 23.9 Å². The highest BCUT2D eigenvalue weighted by molar-refractivity contribution is 5.80. The lowest BCUT2D eigenvalue weighted by molar-refractivity contribution is -0.228. The number of aliphatic carboxylic acids is 1. The Morgan fingerprint density at radius 3 is 2.33 bits per heavy atom. The van der Waals surface area contributed by atoms with Gasteiger partial charge in [0.25, 0.3) is 0 Å². The van der Waals surface area contributed by atoms with E-state index in [9.17, 15) is 32.3 Å². The number of carbonyl (C=O) groups excluding carboxylic acids is 1. The van der Waals surface area contributed by atoms with E-state index in [1.807, 2.05) is 30.0 Å². The number of nitrogens with zero attached hydrogens (tertiary/aromatic N) is 1. The monoisotopic (exact) mass is 545 g/mol. The predicted octanol–water partition coefficient (Wildman–Crippen LogP) is 6.66. The number of alkyl halides is 4. The number of carboxylic acids is 1. The Bertz CT molecular complexity index is 1260. The predicted molar refractivity (Wildman–Crippen MR) is 139 cm³/mol. The number of likely N-dealkylation sites (tertiary alicyclic amines) is 1. The molecule has 3 atom stereocenters.